The van der Waals surface area contributed by atoms with Crippen molar-refractivity contribution >= 4 is 5.82 Å². The second-order valence-electron chi connectivity index (χ2n) is 4.47. The largest absolute Gasteiger partial charge is 0.416 e. The first-order chi connectivity index (χ1) is 9.50. The number of nitrogens with zero attached hydrogens (tertiary/aromatic N) is 2. The molecule has 0 saturated heterocycles. The van der Waals surface area contributed by atoms with Crippen LogP contribution < -0.4 is 5.32 Å². The second-order valence-corrected chi connectivity index (χ2v) is 4.47. The van der Waals surface area contributed by atoms with Crippen LogP contribution in [0.25, 0.3) is 5.69 Å². The number of rotatable bonds is 5. The molecule has 2 rings (SSSR count). The average Bonchev–Trinajstić information content (AvgIpc) is 2.87. The standard InChI is InChI=1S/C14H16F3N3/c1-2-3-8-18-13-7-9-20(19-13)12-6-4-5-11(10-12)14(15,16)17/h4-7,9-10H,2-3,8H2,1H3,(H,18,19). The van der Waals surface area contributed by atoms with Gasteiger partial charge in [-0.3, -0.25) is 0 Å². The van der Waals surface area contributed by atoms with E-state index in [1.165, 1.54) is 10.7 Å². The Morgan fingerprint density at radius 2 is 2.05 bits per heavy atom. The van der Waals surface area contributed by atoms with Crippen molar-refractivity contribution in [1.82, 2.24) is 9.78 Å². The van der Waals surface area contributed by atoms with Crippen molar-refractivity contribution in [2.45, 2.75) is 25.9 Å². The molecule has 0 aliphatic rings. The van der Waals surface area contributed by atoms with Crippen molar-refractivity contribution < 1.29 is 13.2 Å². The first-order valence-electron chi connectivity index (χ1n) is 6.48. The Morgan fingerprint density at radius 1 is 1.25 bits per heavy atom. The maximum Gasteiger partial charge on any atom is 0.416 e. The fraction of sp³-hybridized carbons (Fsp3) is 0.357. The molecule has 0 saturated carbocycles. The van der Waals surface area contributed by atoms with Gasteiger partial charge in [0.15, 0.2) is 0 Å². The fourth-order valence-corrected chi connectivity index (χ4v) is 1.78. The van der Waals surface area contributed by atoms with Gasteiger partial charge in [0.25, 0.3) is 0 Å². The molecule has 108 valence electrons. The first-order valence-corrected chi connectivity index (χ1v) is 6.48. The zero-order chi connectivity index (χ0) is 14.6. The molecule has 2 aromatic rings. The molecule has 0 amide bonds. The maximum atomic E-state index is 12.7. The summed E-state index contributed by atoms with van der Waals surface area (Å²) in [6.45, 7) is 2.89. The number of benzene rings is 1. The summed E-state index contributed by atoms with van der Waals surface area (Å²) in [6.07, 6.45) is -0.604. The second kappa shape index (κ2) is 5.98. The highest BCUT2D eigenvalue weighted by Gasteiger charge is 2.30. The van der Waals surface area contributed by atoms with Gasteiger partial charge >= 0.3 is 6.18 Å². The summed E-state index contributed by atoms with van der Waals surface area (Å²) < 4.78 is 39.4. The summed E-state index contributed by atoms with van der Waals surface area (Å²) in [5.74, 6) is 0.663. The molecule has 6 heteroatoms. The molecule has 0 unspecified atom stereocenters. The lowest BCUT2D eigenvalue weighted by molar-refractivity contribution is -0.137. The molecule has 0 aliphatic heterocycles. The highest BCUT2D eigenvalue weighted by molar-refractivity contribution is 5.40. The molecule has 1 aromatic carbocycles. The van der Waals surface area contributed by atoms with Crippen LogP contribution in [0.3, 0.4) is 0 Å². The molecular weight excluding hydrogens is 267 g/mol. The van der Waals surface area contributed by atoms with Crippen molar-refractivity contribution in [2.24, 2.45) is 0 Å². The summed E-state index contributed by atoms with van der Waals surface area (Å²) in [5.41, 5.74) is -0.283. The zero-order valence-corrected chi connectivity index (χ0v) is 11.1. The molecule has 1 aromatic heterocycles. The van der Waals surface area contributed by atoms with E-state index < -0.39 is 11.7 Å². The van der Waals surface area contributed by atoms with E-state index in [9.17, 15) is 13.2 Å². The Morgan fingerprint density at radius 3 is 2.75 bits per heavy atom. The van der Waals surface area contributed by atoms with Gasteiger partial charge in [-0.2, -0.15) is 18.3 Å². The van der Waals surface area contributed by atoms with Crippen LogP contribution in [0.15, 0.2) is 36.5 Å². The van der Waals surface area contributed by atoms with E-state index >= 15 is 0 Å². The molecule has 3 nitrogen and oxygen atoms in total. The summed E-state index contributed by atoms with van der Waals surface area (Å²) in [7, 11) is 0. The van der Waals surface area contributed by atoms with E-state index in [2.05, 4.69) is 17.3 Å². The van der Waals surface area contributed by atoms with E-state index in [1.807, 2.05) is 0 Å². The van der Waals surface area contributed by atoms with Crippen LogP contribution in [0.1, 0.15) is 25.3 Å². The maximum absolute atomic E-state index is 12.7. The molecular formula is C14H16F3N3. The van der Waals surface area contributed by atoms with E-state index in [4.69, 9.17) is 0 Å². The van der Waals surface area contributed by atoms with Crippen LogP contribution in [0.4, 0.5) is 19.0 Å². The number of hydrogen-bond donors (Lipinski definition) is 1. The molecule has 1 heterocycles. The van der Waals surface area contributed by atoms with Crippen LogP contribution in [0.5, 0.6) is 0 Å². The molecule has 0 aliphatic carbocycles. The predicted molar refractivity (Wildman–Crippen MR) is 72.0 cm³/mol. The minimum Gasteiger partial charge on any atom is -0.369 e. The van der Waals surface area contributed by atoms with Gasteiger partial charge in [-0.25, -0.2) is 4.68 Å². The van der Waals surface area contributed by atoms with Gasteiger partial charge in [-0.1, -0.05) is 19.4 Å². The number of unbranched alkanes of at least 4 members (excludes halogenated alkanes) is 1. The molecule has 1 N–H and O–H groups in total. The van der Waals surface area contributed by atoms with Gasteiger partial charge < -0.3 is 5.32 Å². The summed E-state index contributed by atoms with van der Waals surface area (Å²) in [4.78, 5) is 0. The normalized spacial score (nSPS) is 11.6. The van der Waals surface area contributed by atoms with Gasteiger partial charge in [0.2, 0.25) is 0 Å². The Bertz CT molecular complexity index is 561. The molecule has 0 radical (unpaired) electrons. The summed E-state index contributed by atoms with van der Waals surface area (Å²) in [5, 5.41) is 7.34. The lowest BCUT2D eigenvalue weighted by Gasteiger charge is -2.08. The van der Waals surface area contributed by atoms with Crippen LogP contribution in [-0.4, -0.2) is 16.3 Å². The van der Waals surface area contributed by atoms with E-state index in [0.717, 1.165) is 31.5 Å². The highest BCUT2D eigenvalue weighted by Crippen LogP contribution is 2.30. The van der Waals surface area contributed by atoms with Crippen molar-refractivity contribution in [1.29, 1.82) is 0 Å². The minimum atomic E-state index is -4.34. The number of aromatic nitrogens is 2. The molecule has 0 bridgehead atoms. The van der Waals surface area contributed by atoms with Crippen LogP contribution >= 0.6 is 0 Å². The highest BCUT2D eigenvalue weighted by atomic mass is 19.4. The third-order valence-electron chi connectivity index (χ3n) is 2.86. The summed E-state index contributed by atoms with van der Waals surface area (Å²) >= 11 is 0. The lowest BCUT2D eigenvalue weighted by atomic mass is 10.2. The van der Waals surface area contributed by atoms with Crippen molar-refractivity contribution in [3.05, 3.63) is 42.1 Å². The van der Waals surface area contributed by atoms with Gasteiger partial charge in [-0.05, 0) is 24.6 Å². The molecule has 0 fully saturated rings. The van der Waals surface area contributed by atoms with Crippen molar-refractivity contribution in [3.63, 3.8) is 0 Å². The average molecular weight is 283 g/mol. The third-order valence-corrected chi connectivity index (χ3v) is 2.86. The Hall–Kier alpha value is -1.98. The topological polar surface area (TPSA) is 29.9 Å². The predicted octanol–water partition coefficient (Wildman–Crippen LogP) is 4.10. The van der Waals surface area contributed by atoms with Crippen LogP contribution in [0.2, 0.25) is 0 Å². The van der Waals surface area contributed by atoms with Gasteiger partial charge in [0, 0.05) is 18.8 Å². The monoisotopic (exact) mass is 283 g/mol. The number of hydrogen-bond acceptors (Lipinski definition) is 2. The van der Waals surface area contributed by atoms with Gasteiger partial charge in [0.05, 0.1) is 11.3 Å². The smallest absolute Gasteiger partial charge is 0.369 e. The Kier molecular flexibility index (Phi) is 4.32. The first kappa shape index (κ1) is 14.4. The molecule has 0 atom stereocenters. The van der Waals surface area contributed by atoms with E-state index in [1.54, 1.807) is 18.3 Å². The van der Waals surface area contributed by atoms with Gasteiger partial charge in [-0.15, -0.1) is 0 Å². The molecule has 20 heavy (non-hydrogen) atoms. The zero-order valence-electron chi connectivity index (χ0n) is 11.1. The van der Waals surface area contributed by atoms with E-state index in [-0.39, 0.29) is 0 Å². The van der Waals surface area contributed by atoms with E-state index in [0.29, 0.717) is 11.5 Å². The number of halogens is 3. The van der Waals surface area contributed by atoms with Crippen LogP contribution in [0, 0.1) is 0 Å². The minimum absolute atomic E-state index is 0.392. The van der Waals surface area contributed by atoms with Gasteiger partial charge in [0.1, 0.15) is 5.82 Å². The Balaban J connectivity index is 2.16. The molecule has 0 spiro atoms. The fourth-order valence-electron chi connectivity index (χ4n) is 1.78. The van der Waals surface area contributed by atoms with Crippen molar-refractivity contribution in [2.75, 3.05) is 11.9 Å². The third kappa shape index (κ3) is 3.53. The lowest BCUT2D eigenvalue weighted by Crippen LogP contribution is -2.06. The van der Waals surface area contributed by atoms with Crippen molar-refractivity contribution in [3.8, 4) is 5.69 Å². The number of anilines is 1. The number of nitrogens with one attached hydrogen (secondary N) is 1. The number of alkyl halides is 3. The Labute approximate surface area is 115 Å². The van der Waals surface area contributed by atoms with Crippen LogP contribution in [-0.2, 0) is 6.18 Å². The quantitative estimate of drug-likeness (QED) is 0.837. The summed E-state index contributed by atoms with van der Waals surface area (Å²) in [6, 6.07) is 6.86. The SMILES string of the molecule is CCCCNc1ccn(-c2cccc(C(F)(F)F)c2)n1.